The molecule has 3 aromatic rings. The Morgan fingerprint density at radius 3 is 2.19 bits per heavy atom. The Balaban J connectivity index is 1.41. The van der Waals surface area contributed by atoms with E-state index in [1.807, 2.05) is 12.1 Å². The molecule has 0 saturated carbocycles. The minimum atomic E-state index is -3.63. The van der Waals surface area contributed by atoms with Crippen molar-refractivity contribution >= 4 is 44.8 Å². The van der Waals surface area contributed by atoms with Crippen LogP contribution in [0.2, 0.25) is 10.0 Å². The van der Waals surface area contributed by atoms with Gasteiger partial charge in [-0.25, -0.2) is 8.42 Å². The molecule has 1 fully saturated rings. The molecule has 6 nitrogen and oxygen atoms in total. The van der Waals surface area contributed by atoms with Crippen molar-refractivity contribution in [3.05, 3.63) is 99.0 Å². The molecule has 1 aliphatic heterocycles. The molecule has 0 aliphatic carbocycles. The third-order valence-electron chi connectivity index (χ3n) is 6.48. The number of carbonyl (C=O) groups excluding carboxylic acids is 1. The van der Waals surface area contributed by atoms with Gasteiger partial charge >= 0.3 is 0 Å². The summed E-state index contributed by atoms with van der Waals surface area (Å²) in [6.07, 6.45) is 4.94. The first kappa shape index (κ1) is 27.5. The van der Waals surface area contributed by atoms with Crippen LogP contribution in [0.5, 0.6) is 0 Å². The topological polar surface area (TPSA) is 69.7 Å². The molecule has 1 N–H and O–H groups in total. The van der Waals surface area contributed by atoms with Crippen molar-refractivity contribution in [2.24, 2.45) is 0 Å². The normalized spacial score (nSPS) is 14.4. The van der Waals surface area contributed by atoms with Gasteiger partial charge in [-0.15, -0.1) is 0 Å². The number of anilines is 1. The smallest absolute Gasteiger partial charge is 0.251 e. The lowest BCUT2D eigenvalue weighted by Gasteiger charge is -2.26. The molecule has 0 spiro atoms. The molecule has 196 valence electrons. The van der Waals surface area contributed by atoms with Crippen molar-refractivity contribution in [1.82, 2.24) is 10.2 Å². The second kappa shape index (κ2) is 12.3. The maximum Gasteiger partial charge on any atom is 0.251 e. The van der Waals surface area contributed by atoms with Crippen LogP contribution in [0.3, 0.4) is 0 Å². The van der Waals surface area contributed by atoms with Crippen LogP contribution in [0.25, 0.3) is 0 Å². The molecule has 9 heteroatoms. The Bertz CT molecular complexity index is 1320. The molecule has 1 aliphatic rings. The van der Waals surface area contributed by atoms with Crippen molar-refractivity contribution in [3.63, 3.8) is 0 Å². The number of sulfonamides is 1. The highest BCUT2D eigenvalue weighted by molar-refractivity contribution is 7.92. The summed E-state index contributed by atoms with van der Waals surface area (Å²) in [4.78, 5) is 15.3. The monoisotopic (exact) mass is 559 g/mol. The Morgan fingerprint density at radius 1 is 0.919 bits per heavy atom. The maximum absolute atomic E-state index is 12.8. The maximum atomic E-state index is 12.8. The van der Waals surface area contributed by atoms with Gasteiger partial charge in [-0.05, 0) is 73.5 Å². The standard InChI is InChI=1S/C28H31Cl2N3O3S/c1-37(35,36)33(20-25-26(29)9-6-10-27(25)30)24-13-11-23(12-14-24)28(34)31-18-21-7-5-8-22(17-21)19-32-15-3-2-4-16-32/h5-14,17H,2-4,15-16,18-20H2,1H3,(H,31,34). The fourth-order valence-electron chi connectivity index (χ4n) is 4.50. The molecule has 1 saturated heterocycles. The summed E-state index contributed by atoms with van der Waals surface area (Å²) in [6, 6.07) is 19.8. The average molecular weight is 561 g/mol. The van der Waals surface area contributed by atoms with E-state index in [-0.39, 0.29) is 12.5 Å². The van der Waals surface area contributed by atoms with Crippen LogP contribution in [-0.4, -0.2) is 38.6 Å². The molecular formula is C28H31Cl2N3O3S. The van der Waals surface area contributed by atoms with E-state index in [2.05, 4.69) is 22.3 Å². The van der Waals surface area contributed by atoms with Gasteiger partial charge < -0.3 is 5.32 Å². The zero-order valence-corrected chi connectivity index (χ0v) is 23.1. The molecule has 0 unspecified atom stereocenters. The number of likely N-dealkylation sites (tertiary alicyclic amines) is 1. The van der Waals surface area contributed by atoms with E-state index < -0.39 is 10.0 Å². The number of nitrogens with zero attached hydrogens (tertiary/aromatic N) is 2. The Morgan fingerprint density at radius 2 is 1.54 bits per heavy atom. The summed E-state index contributed by atoms with van der Waals surface area (Å²) in [5, 5.41) is 3.73. The largest absolute Gasteiger partial charge is 0.348 e. The highest BCUT2D eigenvalue weighted by Crippen LogP contribution is 2.29. The van der Waals surface area contributed by atoms with Crippen LogP contribution in [0.4, 0.5) is 5.69 Å². The molecule has 0 aromatic heterocycles. The number of carbonyl (C=O) groups is 1. The predicted molar refractivity (Wildman–Crippen MR) is 151 cm³/mol. The number of halogens is 2. The van der Waals surface area contributed by atoms with Crippen LogP contribution in [-0.2, 0) is 29.7 Å². The number of rotatable bonds is 9. The molecule has 3 aromatic carbocycles. The lowest BCUT2D eigenvalue weighted by Crippen LogP contribution is -2.30. The van der Waals surface area contributed by atoms with Gasteiger partial charge in [0.25, 0.3) is 5.91 Å². The van der Waals surface area contributed by atoms with Gasteiger partial charge in [-0.3, -0.25) is 14.0 Å². The molecule has 0 atom stereocenters. The van der Waals surface area contributed by atoms with Crippen LogP contribution in [0.15, 0.2) is 66.7 Å². The second-order valence-corrected chi connectivity index (χ2v) is 12.1. The van der Waals surface area contributed by atoms with Gasteiger partial charge in [0.1, 0.15) is 0 Å². The quantitative estimate of drug-likeness (QED) is 0.355. The number of hydrogen-bond acceptors (Lipinski definition) is 4. The van der Waals surface area contributed by atoms with Gasteiger partial charge in [0.15, 0.2) is 0 Å². The summed E-state index contributed by atoms with van der Waals surface area (Å²) in [5.74, 6) is -0.229. The third-order valence-corrected chi connectivity index (χ3v) is 8.33. The van der Waals surface area contributed by atoms with Crippen molar-refractivity contribution in [2.75, 3.05) is 23.7 Å². The second-order valence-electron chi connectivity index (χ2n) is 9.36. The molecule has 0 bridgehead atoms. The highest BCUT2D eigenvalue weighted by Gasteiger charge is 2.21. The van der Waals surface area contributed by atoms with Gasteiger partial charge in [0.05, 0.1) is 18.5 Å². The first-order valence-electron chi connectivity index (χ1n) is 12.3. The number of piperidine rings is 1. The predicted octanol–water partition coefficient (Wildman–Crippen LogP) is 5.88. The van der Waals surface area contributed by atoms with Crippen molar-refractivity contribution < 1.29 is 13.2 Å². The summed E-state index contributed by atoms with van der Waals surface area (Å²) < 4.78 is 26.3. The number of amides is 1. The number of nitrogens with one attached hydrogen (secondary N) is 1. The van der Waals surface area contributed by atoms with Crippen LogP contribution < -0.4 is 9.62 Å². The van der Waals surface area contributed by atoms with Crippen molar-refractivity contribution in [2.45, 2.75) is 38.9 Å². The lowest BCUT2D eigenvalue weighted by atomic mass is 10.1. The van der Waals surface area contributed by atoms with Gasteiger partial charge in [0.2, 0.25) is 10.0 Å². The fourth-order valence-corrected chi connectivity index (χ4v) is 5.89. The van der Waals surface area contributed by atoms with Gasteiger partial charge in [0, 0.05) is 34.3 Å². The molecule has 4 rings (SSSR count). The van der Waals surface area contributed by atoms with E-state index in [1.165, 1.54) is 29.1 Å². The molecule has 1 heterocycles. The summed E-state index contributed by atoms with van der Waals surface area (Å²) in [7, 11) is -3.63. The summed E-state index contributed by atoms with van der Waals surface area (Å²) in [5.41, 5.74) is 3.66. The zero-order valence-electron chi connectivity index (χ0n) is 20.8. The minimum absolute atomic E-state index is 0.0172. The Hall–Kier alpha value is -2.58. The molecular weight excluding hydrogens is 529 g/mol. The highest BCUT2D eigenvalue weighted by atomic mass is 35.5. The van der Waals surface area contributed by atoms with E-state index in [0.29, 0.717) is 33.4 Å². The Labute approximate surface area is 229 Å². The van der Waals surface area contributed by atoms with Crippen molar-refractivity contribution in [3.8, 4) is 0 Å². The van der Waals surface area contributed by atoms with Crippen molar-refractivity contribution in [1.29, 1.82) is 0 Å². The molecule has 1 amide bonds. The van der Waals surface area contributed by atoms with Gasteiger partial charge in [-0.1, -0.05) is 60.0 Å². The average Bonchev–Trinajstić information content (AvgIpc) is 2.87. The van der Waals surface area contributed by atoms with Crippen LogP contribution in [0.1, 0.15) is 46.3 Å². The Kier molecular flexibility index (Phi) is 9.13. The first-order chi connectivity index (χ1) is 17.7. The number of hydrogen-bond donors (Lipinski definition) is 1. The van der Waals surface area contributed by atoms with Crippen LogP contribution in [0, 0.1) is 0 Å². The van der Waals surface area contributed by atoms with E-state index in [0.717, 1.165) is 31.5 Å². The fraction of sp³-hybridized carbons (Fsp3) is 0.321. The molecule has 0 radical (unpaired) electrons. The number of benzene rings is 3. The summed E-state index contributed by atoms with van der Waals surface area (Å²) >= 11 is 12.5. The van der Waals surface area contributed by atoms with E-state index in [9.17, 15) is 13.2 Å². The van der Waals surface area contributed by atoms with Gasteiger partial charge in [-0.2, -0.15) is 0 Å². The lowest BCUT2D eigenvalue weighted by molar-refractivity contribution is 0.0951. The minimum Gasteiger partial charge on any atom is -0.348 e. The van der Waals surface area contributed by atoms with E-state index in [4.69, 9.17) is 23.2 Å². The SMILES string of the molecule is CS(=O)(=O)N(Cc1c(Cl)cccc1Cl)c1ccc(C(=O)NCc2cccc(CN3CCCCC3)c2)cc1. The third kappa shape index (κ3) is 7.48. The van der Waals surface area contributed by atoms with E-state index >= 15 is 0 Å². The first-order valence-corrected chi connectivity index (χ1v) is 14.9. The van der Waals surface area contributed by atoms with E-state index in [1.54, 1.807) is 42.5 Å². The molecule has 37 heavy (non-hydrogen) atoms. The summed E-state index contributed by atoms with van der Waals surface area (Å²) in [6.45, 7) is 3.60. The zero-order chi connectivity index (χ0) is 26.4. The van der Waals surface area contributed by atoms with Crippen LogP contribution >= 0.6 is 23.2 Å².